The molecule has 3 aromatic carbocycles. The number of fused-ring (bicyclic) bond motifs is 1. The summed E-state index contributed by atoms with van der Waals surface area (Å²) in [4.78, 5) is 14.8. The normalized spacial score (nSPS) is 14.8. The first-order chi connectivity index (χ1) is 12.2. The van der Waals surface area contributed by atoms with Crippen LogP contribution in [0.2, 0.25) is 0 Å². The summed E-state index contributed by atoms with van der Waals surface area (Å²) >= 11 is 3.59. The molecule has 3 heteroatoms. The third kappa shape index (κ3) is 3.03. The van der Waals surface area contributed by atoms with E-state index in [9.17, 15) is 4.79 Å². The van der Waals surface area contributed by atoms with Crippen LogP contribution in [0.15, 0.2) is 83.3 Å². The van der Waals surface area contributed by atoms with Gasteiger partial charge in [0.15, 0.2) is 0 Å². The first-order valence-corrected chi connectivity index (χ1v) is 8.95. The van der Waals surface area contributed by atoms with Crippen molar-refractivity contribution >= 4 is 33.6 Å². The van der Waals surface area contributed by atoms with Crippen LogP contribution in [-0.4, -0.2) is 10.8 Å². The highest BCUT2D eigenvalue weighted by Gasteiger charge is 2.32. The van der Waals surface area contributed by atoms with E-state index in [4.69, 9.17) is 0 Å². The van der Waals surface area contributed by atoms with Crippen LogP contribution in [0.5, 0.6) is 0 Å². The van der Waals surface area contributed by atoms with Gasteiger partial charge in [0.05, 0.1) is 12.2 Å². The fraction of sp³-hybridized carbons (Fsp3) is 0.0455. The molecule has 122 valence electrons. The van der Waals surface area contributed by atoms with Crippen LogP contribution in [0.3, 0.4) is 0 Å². The van der Waals surface area contributed by atoms with Crippen molar-refractivity contribution in [2.45, 2.75) is 6.54 Å². The summed E-state index contributed by atoms with van der Waals surface area (Å²) in [6.07, 6.45) is 2.08. The number of halogens is 1. The van der Waals surface area contributed by atoms with Crippen LogP contribution in [0.1, 0.15) is 27.0 Å². The van der Waals surface area contributed by atoms with Crippen molar-refractivity contribution in [3.63, 3.8) is 0 Å². The summed E-state index contributed by atoms with van der Waals surface area (Å²) in [6.45, 7) is 0.535. The topological polar surface area (TPSA) is 20.3 Å². The van der Waals surface area contributed by atoms with E-state index >= 15 is 0 Å². The third-order valence-electron chi connectivity index (χ3n) is 4.36. The monoisotopic (exact) mass is 389 g/mol. The van der Waals surface area contributed by atoms with Gasteiger partial charge >= 0.3 is 0 Å². The lowest BCUT2D eigenvalue weighted by Gasteiger charge is -2.19. The highest BCUT2D eigenvalue weighted by Crippen LogP contribution is 2.36. The van der Waals surface area contributed by atoms with E-state index in [1.54, 1.807) is 0 Å². The molecule has 0 spiro atoms. The van der Waals surface area contributed by atoms with Gasteiger partial charge in [-0.15, -0.1) is 0 Å². The molecule has 1 aliphatic heterocycles. The van der Waals surface area contributed by atoms with Crippen LogP contribution in [-0.2, 0) is 6.54 Å². The molecule has 0 saturated heterocycles. The Kier molecular flexibility index (Phi) is 4.24. The van der Waals surface area contributed by atoms with Gasteiger partial charge in [-0.05, 0) is 29.3 Å². The molecular formula is C22H16BrNO. The highest BCUT2D eigenvalue weighted by molar-refractivity contribution is 9.10. The number of rotatable bonds is 3. The van der Waals surface area contributed by atoms with Gasteiger partial charge in [-0.1, -0.05) is 82.7 Å². The highest BCUT2D eigenvalue weighted by atomic mass is 79.9. The molecule has 4 rings (SSSR count). The molecule has 0 bridgehead atoms. The predicted octanol–water partition coefficient (Wildman–Crippen LogP) is 5.60. The van der Waals surface area contributed by atoms with Crippen LogP contribution in [0, 0.1) is 0 Å². The Morgan fingerprint density at radius 1 is 0.800 bits per heavy atom. The van der Waals surface area contributed by atoms with E-state index in [0.29, 0.717) is 6.54 Å². The largest absolute Gasteiger partial charge is 0.303 e. The summed E-state index contributed by atoms with van der Waals surface area (Å²) in [5.41, 5.74) is 4.87. The average Bonchev–Trinajstić information content (AvgIpc) is 2.91. The Morgan fingerprint density at radius 2 is 1.44 bits per heavy atom. The van der Waals surface area contributed by atoms with Crippen LogP contribution < -0.4 is 0 Å². The molecular weight excluding hydrogens is 374 g/mol. The fourth-order valence-electron chi connectivity index (χ4n) is 3.11. The van der Waals surface area contributed by atoms with Gasteiger partial charge in [0.1, 0.15) is 0 Å². The lowest BCUT2D eigenvalue weighted by molar-refractivity contribution is 0.0843. The maximum atomic E-state index is 13.0. The minimum Gasteiger partial charge on any atom is -0.303 e. The second kappa shape index (κ2) is 6.69. The second-order valence-corrected chi connectivity index (χ2v) is 6.82. The van der Waals surface area contributed by atoms with Gasteiger partial charge < -0.3 is 4.90 Å². The maximum absolute atomic E-state index is 13.0. The Bertz CT molecular complexity index is 963. The van der Waals surface area contributed by atoms with Gasteiger partial charge in [-0.25, -0.2) is 0 Å². The van der Waals surface area contributed by atoms with Gasteiger partial charge in [-0.2, -0.15) is 0 Å². The summed E-state index contributed by atoms with van der Waals surface area (Å²) in [5.74, 6) is 0.0496. The fourth-order valence-corrected chi connectivity index (χ4v) is 3.52. The number of carbonyl (C=O) groups excluding carboxylic acids is 1. The molecule has 0 fully saturated rings. The molecule has 3 aromatic rings. The van der Waals surface area contributed by atoms with Gasteiger partial charge in [0.25, 0.3) is 5.91 Å². The van der Waals surface area contributed by atoms with Crippen LogP contribution in [0.25, 0.3) is 11.8 Å². The quantitative estimate of drug-likeness (QED) is 0.570. The minimum absolute atomic E-state index is 0.0496. The van der Waals surface area contributed by atoms with E-state index in [0.717, 1.165) is 32.4 Å². The molecule has 0 unspecified atom stereocenters. The zero-order chi connectivity index (χ0) is 17.2. The van der Waals surface area contributed by atoms with E-state index < -0.39 is 0 Å². The maximum Gasteiger partial charge on any atom is 0.259 e. The third-order valence-corrected chi connectivity index (χ3v) is 5.13. The number of hydrogen-bond donors (Lipinski definition) is 0. The summed E-state index contributed by atoms with van der Waals surface area (Å²) < 4.78 is 1.01. The van der Waals surface area contributed by atoms with Gasteiger partial charge in [-0.3, -0.25) is 4.79 Å². The molecule has 0 radical (unpaired) electrons. The lowest BCUT2D eigenvalue weighted by atomic mass is 10.1. The molecule has 0 saturated carbocycles. The number of nitrogens with zero attached hydrogens (tertiary/aromatic N) is 1. The van der Waals surface area contributed by atoms with Crippen molar-refractivity contribution in [1.82, 2.24) is 4.90 Å². The van der Waals surface area contributed by atoms with Crippen molar-refractivity contribution in [2.24, 2.45) is 0 Å². The Labute approximate surface area is 155 Å². The van der Waals surface area contributed by atoms with Gasteiger partial charge in [0.2, 0.25) is 0 Å². The summed E-state index contributed by atoms with van der Waals surface area (Å²) in [7, 11) is 0. The van der Waals surface area contributed by atoms with E-state index in [1.807, 2.05) is 71.6 Å². The Morgan fingerprint density at radius 3 is 2.20 bits per heavy atom. The summed E-state index contributed by atoms with van der Waals surface area (Å²) in [5, 5.41) is 0. The molecule has 2 nitrogen and oxygen atoms in total. The molecule has 0 aromatic heterocycles. The molecule has 1 heterocycles. The van der Waals surface area contributed by atoms with Gasteiger partial charge in [0, 0.05) is 15.6 Å². The molecule has 0 N–H and O–H groups in total. The molecule has 0 atom stereocenters. The zero-order valence-electron chi connectivity index (χ0n) is 13.5. The van der Waals surface area contributed by atoms with E-state index in [1.165, 1.54) is 0 Å². The second-order valence-electron chi connectivity index (χ2n) is 5.97. The molecule has 1 aliphatic rings. The van der Waals surface area contributed by atoms with E-state index in [2.05, 4.69) is 34.1 Å². The smallest absolute Gasteiger partial charge is 0.259 e. The van der Waals surface area contributed by atoms with Crippen LogP contribution in [0.4, 0.5) is 0 Å². The summed E-state index contributed by atoms with van der Waals surface area (Å²) in [6, 6.07) is 25.9. The number of benzene rings is 3. The first kappa shape index (κ1) is 15.9. The Hall–Kier alpha value is -2.65. The Balaban J connectivity index is 1.80. The zero-order valence-corrected chi connectivity index (χ0v) is 15.1. The number of amides is 1. The number of hydrogen-bond acceptors (Lipinski definition) is 1. The molecule has 25 heavy (non-hydrogen) atoms. The first-order valence-electron chi connectivity index (χ1n) is 8.15. The van der Waals surface area contributed by atoms with E-state index in [-0.39, 0.29) is 5.91 Å². The van der Waals surface area contributed by atoms with Crippen molar-refractivity contribution in [2.75, 3.05) is 0 Å². The van der Waals surface area contributed by atoms with Crippen molar-refractivity contribution in [3.05, 3.63) is 106 Å². The molecule has 0 aliphatic carbocycles. The van der Waals surface area contributed by atoms with Crippen molar-refractivity contribution < 1.29 is 4.79 Å². The minimum atomic E-state index is 0.0496. The standard InChI is InChI=1S/C22H16BrNO/c23-20-13-7-4-10-17(20)15-24-21(14-16-8-2-1-3-9-16)18-11-5-6-12-19(18)22(24)25/h1-14H,15H2/b21-14+. The predicted molar refractivity (Wildman–Crippen MR) is 105 cm³/mol. The van der Waals surface area contributed by atoms with Crippen molar-refractivity contribution in [3.8, 4) is 0 Å². The molecule has 1 amide bonds. The van der Waals surface area contributed by atoms with Crippen LogP contribution >= 0.6 is 15.9 Å². The lowest BCUT2D eigenvalue weighted by Crippen LogP contribution is -2.22. The SMILES string of the molecule is O=C1c2ccccc2/C(=C\c2ccccc2)N1Cc1ccccc1Br. The average molecular weight is 390 g/mol. The number of carbonyl (C=O) groups is 1. The van der Waals surface area contributed by atoms with Crippen molar-refractivity contribution in [1.29, 1.82) is 0 Å².